The zero-order valence-corrected chi connectivity index (χ0v) is 15.8. The third kappa shape index (κ3) is 4.69. The second kappa shape index (κ2) is 8.80. The van der Waals surface area contributed by atoms with E-state index in [0.29, 0.717) is 12.2 Å². The summed E-state index contributed by atoms with van der Waals surface area (Å²) in [5, 5.41) is 0. The highest BCUT2D eigenvalue weighted by Crippen LogP contribution is 2.30. The Balaban J connectivity index is 0.00000288. The van der Waals surface area contributed by atoms with E-state index in [1.54, 1.807) is 23.1 Å². The largest absolute Gasteiger partial charge is 0.329 e. The predicted octanol–water partition coefficient (Wildman–Crippen LogP) is 1.81. The minimum absolute atomic E-state index is 0. The van der Waals surface area contributed by atoms with Crippen LogP contribution < -0.4 is 15.4 Å². The summed E-state index contributed by atoms with van der Waals surface area (Å²) in [7, 11) is -3.64. The van der Waals surface area contributed by atoms with Gasteiger partial charge in [-0.1, -0.05) is 25.8 Å². The van der Waals surface area contributed by atoms with Crippen LogP contribution >= 0.6 is 12.4 Å². The molecule has 1 aliphatic rings. The molecule has 0 aromatic heterocycles. The summed E-state index contributed by atoms with van der Waals surface area (Å²) < 4.78 is 27.8. The number of halogens is 1. The number of unbranched alkanes of at least 4 members (excludes halogenated alkanes) is 1. The average Bonchev–Trinajstić information content (AvgIpc) is 2.94. The van der Waals surface area contributed by atoms with E-state index in [1.165, 1.54) is 6.92 Å². The molecule has 136 valence electrons. The number of anilines is 1. The van der Waals surface area contributed by atoms with E-state index in [0.717, 1.165) is 31.2 Å². The van der Waals surface area contributed by atoms with Crippen molar-refractivity contribution in [3.63, 3.8) is 0 Å². The number of fused-ring (bicyclic) bond motifs is 1. The minimum atomic E-state index is -3.64. The van der Waals surface area contributed by atoms with Gasteiger partial charge < -0.3 is 10.6 Å². The van der Waals surface area contributed by atoms with Crippen LogP contribution in [0.2, 0.25) is 0 Å². The Morgan fingerprint density at radius 2 is 2.12 bits per heavy atom. The molecule has 2 rings (SSSR count). The molecule has 1 amide bonds. The Bertz CT molecular complexity index is 679. The van der Waals surface area contributed by atoms with Crippen LogP contribution in [0.15, 0.2) is 23.1 Å². The third-order valence-corrected chi connectivity index (χ3v) is 5.67. The van der Waals surface area contributed by atoms with Gasteiger partial charge >= 0.3 is 0 Å². The normalized spacial score (nSPS) is 14.9. The number of hydrogen-bond donors (Lipinski definition) is 2. The number of rotatable bonds is 7. The molecule has 0 saturated carbocycles. The van der Waals surface area contributed by atoms with E-state index in [2.05, 4.69) is 11.6 Å². The fourth-order valence-corrected chi connectivity index (χ4v) is 4.12. The molecule has 1 heterocycles. The maximum atomic E-state index is 12.6. The van der Waals surface area contributed by atoms with Crippen molar-refractivity contribution >= 4 is 34.0 Å². The summed E-state index contributed by atoms with van der Waals surface area (Å²) in [6.07, 6.45) is 3.39. The summed E-state index contributed by atoms with van der Waals surface area (Å²) in [6.45, 7) is 4.41. The molecule has 1 aromatic rings. The average molecular weight is 376 g/mol. The van der Waals surface area contributed by atoms with Gasteiger partial charge in [0.05, 0.1) is 4.90 Å². The van der Waals surface area contributed by atoms with Gasteiger partial charge in [-0.2, -0.15) is 0 Å². The molecule has 0 aliphatic carbocycles. The number of hydrogen-bond acceptors (Lipinski definition) is 4. The molecule has 1 atom stereocenters. The van der Waals surface area contributed by atoms with Crippen LogP contribution in [0.3, 0.4) is 0 Å². The molecular weight excluding hydrogens is 350 g/mol. The summed E-state index contributed by atoms with van der Waals surface area (Å²) in [5.74, 6) is -0.0750. The Morgan fingerprint density at radius 3 is 2.71 bits per heavy atom. The smallest absolute Gasteiger partial charge is 0.240 e. The van der Waals surface area contributed by atoms with Gasteiger partial charge in [0.1, 0.15) is 0 Å². The molecule has 0 fully saturated rings. The first kappa shape index (κ1) is 20.9. The van der Waals surface area contributed by atoms with Crippen LogP contribution in [0.5, 0.6) is 0 Å². The number of nitrogens with one attached hydrogen (secondary N) is 1. The maximum Gasteiger partial charge on any atom is 0.240 e. The lowest BCUT2D eigenvalue weighted by atomic mass is 10.1. The van der Waals surface area contributed by atoms with Crippen molar-refractivity contribution in [2.45, 2.75) is 50.5 Å². The number of carbonyl (C=O) groups excluding carboxylic acids is 1. The summed E-state index contributed by atoms with van der Waals surface area (Å²) in [6, 6.07) is 4.70. The van der Waals surface area contributed by atoms with Crippen molar-refractivity contribution in [2.75, 3.05) is 18.0 Å². The van der Waals surface area contributed by atoms with Gasteiger partial charge in [-0.3, -0.25) is 4.79 Å². The molecule has 24 heavy (non-hydrogen) atoms. The monoisotopic (exact) mass is 375 g/mol. The highest BCUT2D eigenvalue weighted by molar-refractivity contribution is 7.89. The van der Waals surface area contributed by atoms with Crippen molar-refractivity contribution < 1.29 is 13.2 Å². The zero-order chi connectivity index (χ0) is 17.0. The minimum Gasteiger partial charge on any atom is -0.329 e. The van der Waals surface area contributed by atoms with Crippen molar-refractivity contribution in [3.8, 4) is 0 Å². The SMILES string of the molecule is CCCCC(CN)NS(=O)(=O)c1ccc2c(c1)N(C(C)=O)CC2.Cl. The molecule has 0 saturated heterocycles. The van der Waals surface area contributed by atoms with E-state index < -0.39 is 10.0 Å². The number of nitrogens with two attached hydrogens (primary N) is 1. The predicted molar refractivity (Wildman–Crippen MR) is 98.1 cm³/mol. The third-order valence-electron chi connectivity index (χ3n) is 4.16. The van der Waals surface area contributed by atoms with Crippen molar-refractivity contribution in [2.24, 2.45) is 5.73 Å². The molecule has 0 radical (unpaired) electrons. The van der Waals surface area contributed by atoms with E-state index in [-0.39, 0.29) is 35.8 Å². The lowest BCUT2D eigenvalue weighted by Crippen LogP contribution is -2.40. The molecule has 0 bridgehead atoms. The van der Waals surface area contributed by atoms with E-state index in [9.17, 15) is 13.2 Å². The van der Waals surface area contributed by atoms with E-state index in [1.807, 2.05) is 0 Å². The first-order valence-electron chi connectivity index (χ1n) is 8.02. The fourth-order valence-electron chi connectivity index (χ4n) is 2.82. The highest BCUT2D eigenvalue weighted by atomic mass is 35.5. The summed E-state index contributed by atoms with van der Waals surface area (Å²) in [5.41, 5.74) is 7.36. The Kier molecular flexibility index (Phi) is 7.66. The molecule has 1 aromatic carbocycles. The molecule has 6 nitrogen and oxygen atoms in total. The van der Waals surface area contributed by atoms with Crippen molar-refractivity contribution in [1.82, 2.24) is 4.72 Å². The van der Waals surface area contributed by atoms with Gasteiger partial charge in [-0.15, -0.1) is 12.4 Å². The van der Waals surface area contributed by atoms with Gasteiger partial charge in [0.15, 0.2) is 0 Å². The Hall–Kier alpha value is -1.15. The number of benzene rings is 1. The molecule has 1 aliphatic heterocycles. The Morgan fingerprint density at radius 1 is 1.42 bits per heavy atom. The van der Waals surface area contributed by atoms with Crippen LogP contribution in [0.25, 0.3) is 0 Å². The van der Waals surface area contributed by atoms with Gasteiger partial charge in [-0.25, -0.2) is 13.1 Å². The highest BCUT2D eigenvalue weighted by Gasteiger charge is 2.26. The molecule has 1 unspecified atom stereocenters. The topological polar surface area (TPSA) is 92.5 Å². The number of carbonyl (C=O) groups is 1. The zero-order valence-electron chi connectivity index (χ0n) is 14.1. The lowest BCUT2D eigenvalue weighted by Gasteiger charge is -2.18. The second-order valence-electron chi connectivity index (χ2n) is 5.91. The van der Waals surface area contributed by atoms with Gasteiger partial charge in [-0.05, 0) is 30.5 Å². The van der Waals surface area contributed by atoms with Gasteiger partial charge in [0.25, 0.3) is 0 Å². The van der Waals surface area contributed by atoms with E-state index in [4.69, 9.17) is 5.73 Å². The standard InChI is InChI=1S/C16H25N3O3S.ClH/c1-3-4-5-14(11-17)18-23(21,22)15-7-6-13-8-9-19(12(2)20)16(13)10-15;/h6-7,10,14,18H,3-5,8-9,11,17H2,1-2H3;1H. The molecular formula is C16H26ClN3O3S. The second-order valence-corrected chi connectivity index (χ2v) is 7.62. The van der Waals surface area contributed by atoms with Crippen LogP contribution in [-0.4, -0.2) is 33.5 Å². The summed E-state index contributed by atoms with van der Waals surface area (Å²) in [4.78, 5) is 13.5. The van der Waals surface area contributed by atoms with Crippen LogP contribution in [0, 0.1) is 0 Å². The lowest BCUT2D eigenvalue weighted by molar-refractivity contribution is -0.116. The van der Waals surface area contributed by atoms with Gasteiger partial charge in [0, 0.05) is 31.7 Å². The fraction of sp³-hybridized carbons (Fsp3) is 0.562. The maximum absolute atomic E-state index is 12.6. The van der Waals surface area contributed by atoms with Gasteiger partial charge in [0.2, 0.25) is 15.9 Å². The van der Waals surface area contributed by atoms with Crippen LogP contribution in [-0.2, 0) is 21.2 Å². The number of sulfonamides is 1. The molecule has 8 heteroatoms. The molecule has 3 N–H and O–H groups in total. The molecule has 0 spiro atoms. The van der Waals surface area contributed by atoms with E-state index >= 15 is 0 Å². The van der Waals surface area contributed by atoms with Crippen LogP contribution in [0.4, 0.5) is 5.69 Å². The van der Waals surface area contributed by atoms with Crippen LogP contribution in [0.1, 0.15) is 38.7 Å². The summed E-state index contributed by atoms with van der Waals surface area (Å²) >= 11 is 0. The number of nitrogens with zero attached hydrogens (tertiary/aromatic N) is 1. The first-order valence-corrected chi connectivity index (χ1v) is 9.50. The quantitative estimate of drug-likeness (QED) is 0.760. The van der Waals surface area contributed by atoms with Crippen molar-refractivity contribution in [3.05, 3.63) is 23.8 Å². The first-order chi connectivity index (χ1) is 10.9. The van der Waals surface area contributed by atoms with Crippen molar-refractivity contribution in [1.29, 1.82) is 0 Å². The number of amides is 1. The Labute approximate surface area is 150 Å².